The van der Waals surface area contributed by atoms with E-state index in [4.69, 9.17) is 4.74 Å². The topological polar surface area (TPSA) is 85.4 Å². The Morgan fingerprint density at radius 3 is 2.46 bits per heavy atom. The minimum absolute atomic E-state index is 0.0383. The number of fused-ring (bicyclic) bond motifs is 1. The van der Waals surface area contributed by atoms with Crippen LogP contribution in [0.25, 0.3) is 0 Å². The minimum Gasteiger partial charge on any atom is -0.497 e. The Morgan fingerprint density at radius 1 is 1.11 bits per heavy atom. The van der Waals surface area contributed by atoms with Crippen molar-refractivity contribution in [2.45, 2.75) is 57.9 Å². The van der Waals surface area contributed by atoms with Gasteiger partial charge in [-0.15, -0.1) is 0 Å². The number of urea groups is 1. The summed E-state index contributed by atoms with van der Waals surface area (Å²) in [7, 11) is 3.35. The molecule has 2 aliphatic heterocycles. The summed E-state index contributed by atoms with van der Waals surface area (Å²) in [4.78, 5) is 44.0. The molecule has 2 fully saturated rings. The average Bonchev–Trinajstić information content (AvgIpc) is 2.91. The number of carbonyl (C=O) groups is 3. The number of nitrogens with one attached hydrogen (secondary N) is 1. The van der Waals surface area contributed by atoms with Crippen molar-refractivity contribution in [2.75, 3.05) is 27.2 Å². The maximum atomic E-state index is 13.8. The van der Waals surface area contributed by atoms with Crippen LogP contribution in [0.15, 0.2) is 54.6 Å². The summed E-state index contributed by atoms with van der Waals surface area (Å²) in [5.41, 5.74) is 1.95. The standard InChI is InChI=1S/C28H37N5O4/c1-5-6-12-24-27(35)31(20(2)22-10-8-7-9-11-22)18-25-32(24)26(34)19-30(3)33(25)28(36)29-17-21-13-15-23(37-4)16-14-21/h7-11,13-16,20,24-25H,5-6,12,17-19H2,1-4H3,(H,29,36)/t20?,24-,25-/m0/s1. The largest absolute Gasteiger partial charge is 0.497 e. The highest BCUT2D eigenvalue weighted by molar-refractivity contribution is 5.91. The van der Waals surface area contributed by atoms with Gasteiger partial charge in [0, 0.05) is 13.6 Å². The fraction of sp³-hybridized carbons (Fsp3) is 0.464. The highest BCUT2D eigenvalue weighted by Gasteiger charge is 2.51. The third kappa shape index (κ3) is 5.56. The predicted octanol–water partition coefficient (Wildman–Crippen LogP) is 3.38. The number of piperazine rings is 1. The molecule has 9 heteroatoms. The molecule has 0 saturated carbocycles. The van der Waals surface area contributed by atoms with E-state index in [0.29, 0.717) is 13.0 Å². The van der Waals surface area contributed by atoms with Crippen LogP contribution in [0, 0.1) is 0 Å². The summed E-state index contributed by atoms with van der Waals surface area (Å²) in [5, 5.41) is 6.25. The number of amides is 4. The molecular weight excluding hydrogens is 470 g/mol. The average molecular weight is 508 g/mol. The smallest absolute Gasteiger partial charge is 0.334 e. The van der Waals surface area contributed by atoms with E-state index in [1.165, 1.54) is 0 Å². The van der Waals surface area contributed by atoms with Gasteiger partial charge in [0.15, 0.2) is 0 Å². The van der Waals surface area contributed by atoms with Gasteiger partial charge in [-0.2, -0.15) is 0 Å². The van der Waals surface area contributed by atoms with Crippen LogP contribution in [0.1, 0.15) is 50.3 Å². The SMILES string of the molecule is CCCC[C@H]1C(=O)N(C(C)c2ccccc2)C[C@H]2N1C(=O)CN(C)N2C(=O)NCc1ccc(OC)cc1. The summed E-state index contributed by atoms with van der Waals surface area (Å²) >= 11 is 0. The van der Waals surface area contributed by atoms with Gasteiger partial charge in [-0.3, -0.25) is 9.59 Å². The summed E-state index contributed by atoms with van der Waals surface area (Å²) < 4.78 is 5.21. The third-order valence-corrected chi connectivity index (χ3v) is 7.28. The van der Waals surface area contributed by atoms with Crippen LogP contribution in [0.3, 0.4) is 0 Å². The number of carbonyl (C=O) groups excluding carboxylic acids is 3. The van der Waals surface area contributed by atoms with E-state index >= 15 is 0 Å². The van der Waals surface area contributed by atoms with E-state index in [-0.39, 0.29) is 37.0 Å². The Kier molecular flexibility index (Phi) is 8.33. The molecule has 9 nitrogen and oxygen atoms in total. The van der Waals surface area contributed by atoms with Crippen molar-refractivity contribution in [3.8, 4) is 5.75 Å². The molecule has 4 amide bonds. The lowest BCUT2D eigenvalue weighted by atomic mass is 9.98. The summed E-state index contributed by atoms with van der Waals surface area (Å²) in [6, 6.07) is 16.3. The molecule has 0 spiro atoms. The van der Waals surface area contributed by atoms with Crippen LogP contribution >= 0.6 is 0 Å². The Morgan fingerprint density at radius 2 is 1.81 bits per heavy atom. The van der Waals surface area contributed by atoms with Crippen molar-refractivity contribution >= 4 is 17.8 Å². The molecule has 4 rings (SSSR count). The van der Waals surface area contributed by atoms with Crippen molar-refractivity contribution in [3.05, 3.63) is 65.7 Å². The predicted molar refractivity (Wildman–Crippen MR) is 140 cm³/mol. The number of ether oxygens (including phenoxy) is 1. The number of rotatable bonds is 8. The zero-order valence-corrected chi connectivity index (χ0v) is 22.1. The van der Waals surface area contributed by atoms with E-state index in [2.05, 4.69) is 12.2 Å². The zero-order chi connectivity index (χ0) is 26.5. The molecule has 0 bridgehead atoms. The van der Waals surface area contributed by atoms with Crippen molar-refractivity contribution in [1.29, 1.82) is 0 Å². The molecule has 2 aromatic rings. The van der Waals surface area contributed by atoms with E-state index in [9.17, 15) is 14.4 Å². The lowest BCUT2D eigenvalue weighted by Crippen LogP contribution is -2.76. The highest BCUT2D eigenvalue weighted by Crippen LogP contribution is 2.32. The van der Waals surface area contributed by atoms with Gasteiger partial charge < -0.3 is 19.9 Å². The van der Waals surface area contributed by atoms with Gasteiger partial charge in [-0.1, -0.05) is 62.2 Å². The molecule has 1 unspecified atom stereocenters. The van der Waals surface area contributed by atoms with Crippen molar-refractivity contribution in [3.63, 3.8) is 0 Å². The Labute approximate surface area is 218 Å². The number of hydrogen-bond donors (Lipinski definition) is 1. The summed E-state index contributed by atoms with van der Waals surface area (Å²) in [5.74, 6) is 0.559. The Hall–Kier alpha value is -3.59. The first-order chi connectivity index (χ1) is 17.8. The van der Waals surface area contributed by atoms with Gasteiger partial charge in [0.05, 0.1) is 26.2 Å². The van der Waals surface area contributed by atoms with E-state index in [1.807, 2.05) is 66.4 Å². The molecule has 3 atom stereocenters. The van der Waals surface area contributed by atoms with Gasteiger partial charge in [-0.25, -0.2) is 14.8 Å². The normalized spacial score (nSPS) is 21.0. The monoisotopic (exact) mass is 507 g/mol. The Balaban J connectivity index is 1.60. The first-order valence-electron chi connectivity index (χ1n) is 12.9. The van der Waals surface area contributed by atoms with E-state index in [0.717, 1.165) is 29.7 Å². The van der Waals surface area contributed by atoms with E-state index in [1.54, 1.807) is 29.1 Å². The van der Waals surface area contributed by atoms with Crippen molar-refractivity contribution in [1.82, 2.24) is 25.1 Å². The quantitative estimate of drug-likeness (QED) is 0.592. The summed E-state index contributed by atoms with van der Waals surface area (Å²) in [6.07, 6.45) is 1.71. The number of methoxy groups -OCH3 is 1. The lowest BCUT2D eigenvalue weighted by Gasteiger charge is -2.55. The maximum absolute atomic E-state index is 13.8. The van der Waals surface area contributed by atoms with Crippen molar-refractivity contribution in [2.24, 2.45) is 0 Å². The van der Waals surface area contributed by atoms with Gasteiger partial charge >= 0.3 is 6.03 Å². The number of unbranched alkanes of at least 4 members (excludes halogenated alkanes) is 1. The van der Waals surface area contributed by atoms with Gasteiger partial charge in [-0.05, 0) is 36.6 Å². The van der Waals surface area contributed by atoms with Crippen LogP contribution in [-0.2, 0) is 16.1 Å². The van der Waals surface area contributed by atoms with Gasteiger partial charge in [0.2, 0.25) is 11.8 Å². The van der Waals surface area contributed by atoms with Crippen molar-refractivity contribution < 1.29 is 19.1 Å². The molecule has 2 heterocycles. The molecule has 0 aliphatic carbocycles. The zero-order valence-electron chi connectivity index (χ0n) is 22.1. The second-order valence-corrected chi connectivity index (χ2v) is 9.68. The molecular formula is C28H37N5O4. The first kappa shape index (κ1) is 26.5. The van der Waals surface area contributed by atoms with Crippen LogP contribution in [-0.4, -0.2) is 77.1 Å². The number of nitrogens with zero attached hydrogens (tertiary/aromatic N) is 4. The lowest BCUT2D eigenvalue weighted by molar-refractivity contribution is -0.189. The molecule has 2 aliphatic rings. The Bertz CT molecular complexity index is 1090. The molecule has 37 heavy (non-hydrogen) atoms. The number of hydrogen-bond acceptors (Lipinski definition) is 5. The van der Waals surface area contributed by atoms with Gasteiger partial charge in [0.1, 0.15) is 18.0 Å². The second-order valence-electron chi connectivity index (χ2n) is 9.68. The molecule has 198 valence electrons. The van der Waals surface area contributed by atoms with Crippen LogP contribution in [0.2, 0.25) is 0 Å². The number of likely N-dealkylation sites (N-methyl/N-ethyl adjacent to an activating group) is 1. The molecule has 2 saturated heterocycles. The second kappa shape index (κ2) is 11.6. The maximum Gasteiger partial charge on any atom is 0.334 e. The molecule has 2 aromatic carbocycles. The minimum atomic E-state index is -0.594. The highest BCUT2D eigenvalue weighted by atomic mass is 16.5. The third-order valence-electron chi connectivity index (χ3n) is 7.28. The van der Waals surface area contributed by atoms with Crippen LogP contribution < -0.4 is 10.1 Å². The summed E-state index contributed by atoms with van der Waals surface area (Å²) in [6.45, 7) is 4.68. The molecule has 0 radical (unpaired) electrons. The van der Waals surface area contributed by atoms with Gasteiger partial charge in [0.25, 0.3) is 0 Å². The van der Waals surface area contributed by atoms with Crippen LogP contribution in [0.4, 0.5) is 4.79 Å². The fourth-order valence-corrected chi connectivity index (χ4v) is 5.20. The fourth-order valence-electron chi connectivity index (χ4n) is 5.20. The number of benzene rings is 2. The number of hydrazine groups is 1. The van der Waals surface area contributed by atoms with Crippen LogP contribution in [0.5, 0.6) is 5.75 Å². The molecule has 0 aromatic heterocycles. The van der Waals surface area contributed by atoms with E-state index < -0.39 is 12.2 Å². The molecule has 1 N–H and O–H groups in total. The first-order valence-corrected chi connectivity index (χ1v) is 12.9.